The van der Waals surface area contributed by atoms with Gasteiger partial charge in [-0.05, 0) is 44.6 Å². The standard InChI is InChI=1S/C15H26N2/c1-4-17(5-2)14-10-9-13-16(3)15-11-7-6-8-12-15/h6-8,11-12H,4-5,9-10,13-14H2,1-3H3. The highest BCUT2D eigenvalue weighted by atomic mass is 15.1. The highest BCUT2D eigenvalue weighted by Crippen LogP contribution is 2.11. The van der Waals surface area contributed by atoms with Gasteiger partial charge in [-0.3, -0.25) is 0 Å². The first-order valence-corrected chi connectivity index (χ1v) is 6.76. The van der Waals surface area contributed by atoms with Crippen molar-refractivity contribution in [2.24, 2.45) is 0 Å². The Morgan fingerprint density at radius 2 is 1.47 bits per heavy atom. The Kier molecular flexibility index (Phi) is 6.71. The molecule has 0 fully saturated rings. The highest BCUT2D eigenvalue weighted by molar-refractivity contribution is 5.44. The number of hydrogen-bond acceptors (Lipinski definition) is 2. The Labute approximate surface area is 106 Å². The molecule has 0 atom stereocenters. The number of para-hydroxylation sites is 1. The van der Waals surface area contributed by atoms with Gasteiger partial charge in [0.25, 0.3) is 0 Å². The topological polar surface area (TPSA) is 6.48 Å². The Morgan fingerprint density at radius 1 is 0.882 bits per heavy atom. The lowest BCUT2D eigenvalue weighted by molar-refractivity contribution is 0.297. The van der Waals surface area contributed by atoms with Gasteiger partial charge in [0.1, 0.15) is 0 Å². The molecule has 1 rings (SSSR count). The van der Waals surface area contributed by atoms with Crippen molar-refractivity contribution in [1.82, 2.24) is 4.90 Å². The Hall–Kier alpha value is -1.02. The maximum atomic E-state index is 2.49. The smallest absolute Gasteiger partial charge is 0.0363 e. The third-order valence-corrected chi connectivity index (χ3v) is 3.31. The van der Waals surface area contributed by atoms with Gasteiger partial charge in [0, 0.05) is 19.3 Å². The zero-order valence-corrected chi connectivity index (χ0v) is 11.5. The molecule has 17 heavy (non-hydrogen) atoms. The summed E-state index contributed by atoms with van der Waals surface area (Å²) in [5.74, 6) is 0. The van der Waals surface area contributed by atoms with E-state index in [4.69, 9.17) is 0 Å². The van der Waals surface area contributed by atoms with E-state index in [1.54, 1.807) is 0 Å². The SMILES string of the molecule is CCN(CC)CCCCN(C)c1ccccc1. The average molecular weight is 234 g/mol. The van der Waals surface area contributed by atoms with Crippen LogP contribution in [0.2, 0.25) is 0 Å². The molecule has 0 spiro atoms. The minimum atomic E-state index is 1.14. The van der Waals surface area contributed by atoms with Crippen molar-refractivity contribution in [2.45, 2.75) is 26.7 Å². The van der Waals surface area contributed by atoms with E-state index in [1.165, 1.54) is 38.2 Å². The molecule has 2 heteroatoms. The van der Waals surface area contributed by atoms with Crippen LogP contribution in [0.1, 0.15) is 26.7 Å². The zero-order chi connectivity index (χ0) is 12.5. The molecule has 0 saturated heterocycles. The normalized spacial score (nSPS) is 10.8. The molecule has 0 radical (unpaired) electrons. The van der Waals surface area contributed by atoms with Crippen LogP contribution in [0.15, 0.2) is 30.3 Å². The summed E-state index contributed by atoms with van der Waals surface area (Å²) in [4.78, 5) is 4.82. The summed E-state index contributed by atoms with van der Waals surface area (Å²) in [7, 11) is 2.17. The number of anilines is 1. The van der Waals surface area contributed by atoms with E-state index in [2.05, 4.69) is 61.0 Å². The van der Waals surface area contributed by atoms with Gasteiger partial charge in [-0.25, -0.2) is 0 Å². The van der Waals surface area contributed by atoms with Crippen molar-refractivity contribution in [2.75, 3.05) is 38.1 Å². The summed E-state index contributed by atoms with van der Waals surface area (Å²) >= 11 is 0. The van der Waals surface area contributed by atoms with Crippen molar-refractivity contribution in [3.63, 3.8) is 0 Å². The van der Waals surface area contributed by atoms with Crippen LogP contribution in [-0.4, -0.2) is 38.1 Å². The Morgan fingerprint density at radius 3 is 2.06 bits per heavy atom. The molecule has 0 unspecified atom stereocenters. The Balaban J connectivity index is 2.19. The lowest BCUT2D eigenvalue weighted by Crippen LogP contribution is -2.25. The van der Waals surface area contributed by atoms with E-state index >= 15 is 0 Å². The van der Waals surface area contributed by atoms with Crippen LogP contribution in [0, 0.1) is 0 Å². The lowest BCUT2D eigenvalue weighted by atomic mass is 10.2. The largest absolute Gasteiger partial charge is 0.375 e. The monoisotopic (exact) mass is 234 g/mol. The van der Waals surface area contributed by atoms with Gasteiger partial charge in [0.2, 0.25) is 0 Å². The quantitative estimate of drug-likeness (QED) is 0.637. The zero-order valence-electron chi connectivity index (χ0n) is 11.5. The predicted octanol–water partition coefficient (Wildman–Crippen LogP) is 3.24. The Bertz CT molecular complexity index is 280. The maximum absolute atomic E-state index is 2.49. The van der Waals surface area contributed by atoms with Crippen molar-refractivity contribution in [1.29, 1.82) is 0 Å². The van der Waals surface area contributed by atoms with E-state index in [1.807, 2.05) is 0 Å². The molecule has 0 amide bonds. The first kappa shape index (κ1) is 14.0. The van der Waals surface area contributed by atoms with Crippen LogP contribution in [-0.2, 0) is 0 Å². The summed E-state index contributed by atoms with van der Waals surface area (Å²) in [6.07, 6.45) is 2.56. The first-order chi connectivity index (χ1) is 8.27. The van der Waals surface area contributed by atoms with Crippen LogP contribution in [0.4, 0.5) is 5.69 Å². The summed E-state index contributed by atoms with van der Waals surface area (Å²) in [6, 6.07) is 10.6. The van der Waals surface area contributed by atoms with Crippen LogP contribution < -0.4 is 4.90 Å². The van der Waals surface area contributed by atoms with Crippen molar-refractivity contribution < 1.29 is 0 Å². The molecule has 0 aliphatic carbocycles. The fraction of sp³-hybridized carbons (Fsp3) is 0.600. The molecular formula is C15H26N2. The number of hydrogen-bond donors (Lipinski definition) is 0. The second-order valence-corrected chi connectivity index (χ2v) is 4.49. The first-order valence-electron chi connectivity index (χ1n) is 6.76. The van der Waals surface area contributed by atoms with Gasteiger partial charge in [-0.1, -0.05) is 32.0 Å². The molecule has 0 heterocycles. The van der Waals surface area contributed by atoms with Crippen molar-refractivity contribution in [3.05, 3.63) is 30.3 Å². The number of nitrogens with zero attached hydrogens (tertiary/aromatic N) is 2. The molecule has 0 aliphatic rings. The number of benzene rings is 1. The summed E-state index contributed by atoms with van der Waals surface area (Å²) in [5.41, 5.74) is 1.32. The number of unbranched alkanes of at least 4 members (excludes halogenated alkanes) is 1. The molecule has 1 aromatic rings. The van der Waals surface area contributed by atoms with E-state index in [-0.39, 0.29) is 0 Å². The van der Waals surface area contributed by atoms with E-state index in [0.717, 1.165) is 6.54 Å². The number of rotatable bonds is 8. The van der Waals surface area contributed by atoms with E-state index in [0.29, 0.717) is 0 Å². The second-order valence-electron chi connectivity index (χ2n) is 4.49. The van der Waals surface area contributed by atoms with E-state index < -0.39 is 0 Å². The molecular weight excluding hydrogens is 208 g/mol. The predicted molar refractivity (Wildman–Crippen MR) is 76.7 cm³/mol. The van der Waals surface area contributed by atoms with Crippen LogP contribution >= 0.6 is 0 Å². The molecule has 0 bridgehead atoms. The second kappa shape index (κ2) is 8.13. The third-order valence-electron chi connectivity index (χ3n) is 3.31. The van der Waals surface area contributed by atoms with Crippen LogP contribution in [0.3, 0.4) is 0 Å². The van der Waals surface area contributed by atoms with Crippen LogP contribution in [0.5, 0.6) is 0 Å². The maximum Gasteiger partial charge on any atom is 0.0363 e. The van der Waals surface area contributed by atoms with E-state index in [9.17, 15) is 0 Å². The summed E-state index contributed by atoms with van der Waals surface area (Å²) in [6.45, 7) is 9.19. The summed E-state index contributed by atoms with van der Waals surface area (Å²) in [5, 5.41) is 0. The van der Waals surface area contributed by atoms with Gasteiger partial charge < -0.3 is 9.80 Å². The highest BCUT2D eigenvalue weighted by Gasteiger charge is 2.01. The molecule has 0 N–H and O–H groups in total. The van der Waals surface area contributed by atoms with Gasteiger partial charge in [0.05, 0.1) is 0 Å². The molecule has 0 aliphatic heterocycles. The summed E-state index contributed by atoms with van der Waals surface area (Å²) < 4.78 is 0. The fourth-order valence-corrected chi connectivity index (χ4v) is 2.04. The van der Waals surface area contributed by atoms with Gasteiger partial charge in [-0.15, -0.1) is 0 Å². The van der Waals surface area contributed by atoms with Gasteiger partial charge in [0.15, 0.2) is 0 Å². The van der Waals surface area contributed by atoms with Crippen molar-refractivity contribution in [3.8, 4) is 0 Å². The average Bonchev–Trinajstić information content (AvgIpc) is 2.40. The third kappa shape index (κ3) is 5.22. The molecule has 96 valence electrons. The molecule has 0 saturated carbocycles. The van der Waals surface area contributed by atoms with Crippen molar-refractivity contribution >= 4 is 5.69 Å². The van der Waals surface area contributed by atoms with Crippen LogP contribution in [0.25, 0.3) is 0 Å². The molecule has 2 nitrogen and oxygen atoms in total. The minimum absolute atomic E-state index is 1.14. The molecule has 1 aromatic carbocycles. The minimum Gasteiger partial charge on any atom is -0.375 e. The molecule has 0 aromatic heterocycles. The van der Waals surface area contributed by atoms with Gasteiger partial charge >= 0.3 is 0 Å². The lowest BCUT2D eigenvalue weighted by Gasteiger charge is -2.21. The van der Waals surface area contributed by atoms with Gasteiger partial charge in [-0.2, -0.15) is 0 Å². The fourth-order valence-electron chi connectivity index (χ4n) is 2.04.